The monoisotopic (exact) mass is 399 g/mol. The Kier molecular flexibility index (Phi) is 7.91. The molecule has 0 aliphatic carbocycles. The van der Waals surface area contributed by atoms with Crippen LogP contribution in [0.25, 0.3) is 17.0 Å². The van der Waals surface area contributed by atoms with Gasteiger partial charge >= 0.3 is 11.9 Å². The average molecular weight is 399 g/mol. The van der Waals surface area contributed by atoms with Crippen molar-refractivity contribution in [3.63, 3.8) is 0 Å². The van der Waals surface area contributed by atoms with Crippen molar-refractivity contribution in [3.05, 3.63) is 47.7 Å². The molecule has 1 N–H and O–H groups in total. The zero-order valence-corrected chi connectivity index (χ0v) is 17.6. The number of aliphatic carboxylic acids is 1. The number of pyridine rings is 1. The Morgan fingerprint density at radius 3 is 2.45 bits per heavy atom. The van der Waals surface area contributed by atoms with Crippen molar-refractivity contribution in [1.82, 2.24) is 4.98 Å². The van der Waals surface area contributed by atoms with Gasteiger partial charge in [-0.1, -0.05) is 51.1 Å². The van der Waals surface area contributed by atoms with Crippen molar-refractivity contribution in [3.8, 4) is 0 Å². The highest BCUT2D eigenvalue weighted by Crippen LogP contribution is 2.21. The van der Waals surface area contributed by atoms with Gasteiger partial charge in [0, 0.05) is 12.3 Å². The summed E-state index contributed by atoms with van der Waals surface area (Å²) in [5.41, 5.74) is 2.50. The molecule has 1 heterocycles. The van der Waals surface area contributed by atoms with Gasteiger partial charge in [0.2, 0.25) is 0 Å². The molecule has 1 aromatic carbocycles. The second-order valence-electron chi connectivity index (χ2n) is 7.61. The zero-order valence-electron chi connectivity index (χ0n) is 17.6. The van der Waals surface area contributed by atoms with Crippen molar-refractivity contribution in [2.24, 2.45) is 11.8 Å². The molecular weight excluding hydrogens is 370 g/mol. The van der Waals surface area contributed by atoms with Gasteiger partial charge < -0.3 is 14.6 Å². The number of esters is 1. The van der Waals surface area contributed by atoms with E-state index in [0.29, 0.717) is 12.3 Å². The number of carbonyl (C=O) groups excluding carboxylic acids is 1. The maximum absolute atomic E-state index is 11.2. The first kappa shape index (κ1) is 22.6. The lowest BCUT2D eigenvalue weighted by atomic mass is 10.1. The van der Waals surface area contributed by atoms with E-state index in [4.69, 9.17) is 9.47 Å². The molecular formula is C23H29NO5. The lowest BCUT2D eigenvalue weighted by molar-refractivity contribution is -0.154. The molecule has 6 heteroatoms. The number of aromatic nitrogens is 1. The Bertz CT molecular complexity index is 890. The first-order chi connectivity index (χ1) is 13.7. The van der Waals surface area contributed by atoms with Crippen LogP contribution in [0.15, 0.2) is 36.4 Å². The highest BCUT2D eigenvalue weighted by Gasteiger charge is 2.22. The van der Waals surface area contributed by atoms with Gasteiger partial charge in [-0.2, -0.15) is 0 Å². The molecule has 0 saturated carbocycles. The number of fused-ring (bicyclic) bond motifs is 1. The van der Waals surface area contributed by atoms with Crippen molar-refractivity contribution < 1.29 is 24.2 Å². The summed E-state index contributed by atoms with van der Waals surface area (Å²) in [5, 5.41) is 10.2. The summed E-state index contributed by atoms with van der Waals surface area (Å²) in [6.07, 6.45) is 2.76. The SMILES string of the molecule is CC(=O)OC(C)c1ccc2ccc(C=CC(C)COC(C(=O)O)C(C)C)cc2n1. The minimum atomic E-state index is -0.935. The summed E-state index contributed by atoms with van der Waals surface area (Å²) in [5.74, 6) is -1.29. The fourth-order valence-electron chi connectivity index (χ4n) is 2.92. The summed E-state index contributed by atoms with van der Waals surface area (Å²) in [6.45, 7) is 9.15. The third-order valence-electron chi connectivity index (χ3n) is 4.50. The summed E-state index contributed by atoms with van der Waals surface area (Å²) >= 11 is 0. The molecule has 0 radical (unpaired) electrons. The second-order valence-corrected chi connectivity index (χ2v) is 7.61. The van der Waals surface area contributed by atoms with Gasteiger partial charge in [0.25, 0.3) is 0 Å². The Hall–Kier alpha value is -2.73. The molecule has 1 aromatic heterocycles. The van der Waals surface area contributed by atoms with E-state index in [1.165, 1.54) is 6.92 Å². The van der Waals surface area contributed by atoms with Crippen molar-refractivity contribution >= 4 is 28.9 Å². The minimum absolute atomic E-state index is 0.0644. The highest BCUT2D eigenvalue weighted by molar-refractivity contribution is 5.81. The predicted molar refractivity (Wildman–Crippen MR) is 112 cm³/mol. The van der Waals surface area contributed by atoms with Gasteiger partial charge in [0.1, 0.15) is 6.10 Å². The first-order valence-electron chi connectivity index (χ1n) is 9.78. The molecule has 0 aliphatic rings. The van der Waals surface area contributed by atoms with E-state index < -0.39 is 18.2 Å². The fraction of sp³-hybridized carbons (Fsp3) is 0.435. The summed E-state index contributed by atoms with van der Waals surface area (Å²) in [7, 11) is 0. The van der Waals surface area contributed by atoms with Crippen LogP contribution in [0.1, 0.15) is 52.0 Å². The van der Waals surface area contributed by atoms with E-state index in [1.54, 1.807) is 6.92 Å². The van der Waals surface area contributed by atoms with Crippen LogP contribution in [-0.2, 0) is 19.1 Å². The quantitative estimate of drug-likeness (QED) is 0.619. The van der Waals surface area contributed by atoms with Crippen molar-refractivity contribution in [1.29, 1.82) is 0 Å². The molecule has 2 aromatic rings. The predicted octanol–water partition coefficient (Wildman–Crippen LogP) is 4.63. The lowest BCUT2D eigenvalue weighted by Gasteiger charge is -2.18. The average Bonchev–Trinajstić information content (AvgIpc) is 2.64. The van der Waals surface area contributed by atoms with Crippen LogP contribution >= 0.6 is 0 Å². The number of carbonyl (C=O) groups is 2. The van der Waals surface area contributed by atoms with Crippen molar-refractivity contribution in [2.75, 3.05) is 6.61 Å². The molecule has 6 nitrogen and oxygen atoms in total. The van der Waals surface area contributed by atoms with Crippen LogP contribution in [0.2, 0.25) is 0 Å². The van der Waals surface area contributed by atoms with Crippen LogP contribution in [0.3, 0.4) is 0 Å². The van der Waals surface area contributed by atoms with E-state index >= 15 is 0 Å². The third kappa shape index (κ3) is 6.68. The van der Waals surface area contributed by atoms with Gasteiger partial charge in [0.05, 0.1) is 17.8 Å². The fourth-order valence-corrected chi connectivity index (χ4v) is 2.92. The topological polar surface area (TPSA) is 85.7 Å². The Morgan fingerprint density at radius 2 is 1.83 bits per heavy atom. The van der Waals surface area contributed by atoms with Crippen LogP contribution in [0.4, 0.5) is 0 Å². The van der Waals surface area contributed by atoms with Crippen LogP contribution < -0.4 is 0 Å². The lowest BCUT2D eigenvalue weighted by Crippen LogP contribution is -2.30. The van der Waals surface area contributed by atoms with Gasteiger partial charge in [-0.15, -0.1) is 0 Å². The number of benzene rings is 1. The van der Waals surface area contributed by atoms with E-state index in [1.807, 2.05) is 63.3 Å². The number of ether oxygens (including phenoxy) is 2. The molecule has 0 aliphatic heterocycles. The Morgan fingerprint density at radius 1 is 1.14 bits per heavy atom. The van der Waals surface area contributed by atoms with Gasteiger partial charge in [-0.25, -0.2) is 9.78 Å². The number of hydrogen-bond donors (Lipinski definition) is 1. The normalized spacial score (nSPS) is 14.8. The first-order valence-corrected chi connectivity index (χ1v) is 9.78. The maximum Gasteiger partial charge on any atom is 0.333 e. The van der Waals surface area contributed by atoms with E-state index in [0.717, 1.165) is 16.5 Å². The van der Waals surface area contributed by atoms with Crippen molar-refractivity contribution in [2.45, 2.75) is 46.8 Å². The van der Waals surface area contributed by atoms with Gasteiger partial charge in [-0.3, -0.25) is 4.79 Å². The molecule has 3 atom stereocenters. The van der Waals surface area contributed by atoms with E-state index in [9.17, 15) is 14.7 Å². The third-order valence-corrected chi connectivity index (χ3v) is 4.50. The largest absolute Gasteiger partial charge is 0.479 e. The minimum Gasteiger partial charge on any atom is -0.479 e. The zero-order chi connectivity index (χ0) is 21.6. The molecule has 0 saturated heterocycles. The number of rotatable bonds is 9. The number of hydrogen-bond acceptors (Lipinski definition) is 5. The van der Waals surface area contributed by atoms with Crippen LogP contribution in [0.5, 0.6) is 0 Å². The molecule has 3 unspecified atom stereocenters. The van der Waals surface area contributed by atoms with Crippen LogP contribution in [0, 0.1) is 11.8 Å². The van der Waals surface area contributed by atoms with E-state index in [2.05, 4.69) is 4.98 Å². The summed E-state index contributed by atoms with van der Waals surface area (Å²) in [6, 6.07) is 9.77. The Balaban J connectivity index is 2.08. The number of nitrogens with zero attached hydrogens (tertiary/aromatic N) is 1. The molecule has 2 rings (SSSR count). The summed E-state index contributed by atoms with van der Waals surface area (Å²) in [4.78, 5) is 27.0. The second kappa shape index (κ2) is 10.2. The molecule has 0 bridgehead atoms. The number of carboxylic acid groups (broad SMARTS) is 1. The Labute approximate surface area is 171 Å². The molecule has 0 spiro atoms. The van der Waals surface area contributed by atoms with E-state index in [-0.39, 0.29) is 17.8 Å². The maximum atomic E-state index is 11.2. The molecule has 0 fully saturated rings. The van der Waals surface area contributed by atoms with Gasteiger partial charge in [0.15, 0.2) is 6.10 Å². The molecule has 156 valence electrons. The van der Waals surface area contributed by atoms with Crippen LogP contribution in [-0.4, -0.2) is 34.7 Å². The van der Waals surface area contributed by atoms with Gasteiger partial charge in [-0.05, 0) is 36.5 Å². The highest BCUT2D eigenvalue weighted by atomic mass is 16.5. The smallest absolute Gasteiger partial charge is 0.333 e. The summed E-state index contributed by atoms with van der Waals surface area (Å²) < 4.78 is 10.8. The standard InChI is InChI=1S/C23H29NO5/c1-14(2)22(23(26)27)28-13-15(3)6-7-18-8-9-19-10-11-20(24-21(19)12-18)16(4)29-17(5)25/h6-12,14-16,22H,13H2,1-5H3,(H,26,27). The number of carboxylic acids is 1. The molecule has 0 amide bonds. The molecule has 29 heavy (non-hydrogen) atoms.